The minimum Gasteiger partial charge on any atom is -0.452 e. The summed E-state index contributed by atoms with van der Waals surface area (Å²) in [6, 6.07) is 7.07. The molecule has 0 saturated heterocycles. The van der Waals surface area contributed by atoms with Gasteiger partial charge < -0.3 is 20.1 Å². The van der Waals surface area contributed by atoms with Gasteiger partial charge in [0.15, 0.2) is 6.61 Å². The van der Waals surface area contributed by atoms with Crippen molar-refractivity contribution in [1.82, 2.24) is 10.6 Å². The first-order chi connectivity index (χ1) is 16.4. The van der Waals surface area contributed by atoms with Gasteiger partial charge in [-0.15, -0.1) is 11.8 Å². The molecule has 1 unspecified atom stereocenters. The number of hydrogen-bond acceptors (Lipinski definition) is 6. The average molecular weight is 489 g/mol. The smallest absolute Gasteiger partial charge is 0.339 e. The normalized spacial score (nSPS) is 27.8. The zero-order valence-corrected chi connectivity index (χ0v) is 21.0. The zero-order valence-electron chi connectivity index (χ0n) is 20.1. The lowest BCUT2D eigenvalue weighted by atomic mass is 9.48. The van der Waals surface area contributed by atoms with Gasteiger partial charge in [0.05, 0.1) is 17.9 Å². The Hall–Kier alpha value is -2.06. The van der Waals surface area contributed by atoms with Crippen LogP contribution in [0.1, 0.15) is 55.8 Å². The van der Waals surface area contributed by atoms with Crippen LogP contribution < -0.4 is 10.6 Å². The van der Waals surface area contributed by atoms with E-state index >= 15 is 0 Å². The molecule has 0 spiro atoms. The molecule has 7 nitrogen and oxygen atoms in total. The molecule has 0 aromatic heterocycles. The number of ether oxygens (including phenoxy) is 2. The first-order valence-electron chi connectivity index (χ1n) is 12.3. The molecule has 1 aromatic rings. The van der Waals surface area contributed by atoms with E-state index in [0.717, 1.165) is 17.8 Å². The molecule has 2 N–H and O–H groups in total. The lowest BCUT2D eigenvalue weighted by Gasteiger charge is -2.59. The number of methoxy groups -OCH3 is 1. The molecule has 4 fully saturated rings. The molecule has 34 heavy (non-hydrogen) atoms. The van der Waals surface area contributed by atoms with Crippen molar-refractivity contribution in [2.24, 2.45) is 23.2 Å². The summed E-state index contributed by atoms with van der Waals surface area (Å²) >= 11 is 1.26. The largest absolute Gasteiger partial charge is 0.452 e. The molecular weight excluding hydrogens is 452 g/mol. The highest BCUT2D eigenvalue weighted by molar-refractivity contribution is 8.00. The number of carbonyl (C=O) groups is 3. The third kappa shape index (κ3) is 5.95. The van der Waals surface area contributed by atoms with E-state index in [1.165, 1.54) is 50.3 Å². The highest BCUT2D eigenvalue weighted by Crippen LogP contribution is 2.61. The van der Waals surface area contributed by atoms with Crippen molar-refractivity contribution in [2.45, 2.75) is 56.4 Å². The molecule has 2 amide bonds. The molecule has 186 valence electrons. The molecule has 1 aromatic carbocycles. The summed E-state index contributed by atoms with van der Waals surface area (Å²) in [6.07, 6.45) is 7.73. The number of thioether (sulfide) groups is 1. The van der Waals surface area contributed by atoms with E-state index in [1.807, 2.05) is 6.07 Å². The zero-order chi connectivity index (χ0) is 24.1. The third-order valence-corrected chi connectivity index (χ3v) is 8.88. The van der Waals surface area contributed by atoms with Gasteiger partial charge in [0.2, 0.25) is 5.91 Å². The number of hydrogen-bond donors (Lipinski definition) is 2. The first kappa shape index (κ1) is 25.0. The molecule has 4 aliphatic rings. The van der Waals surface area contributed by atoms with Gasteiger partial charge in [0.25, 0.3) is 5.91 Å². The molecule has 4 aliphatic carbocycles. The molecular formula is C26H36N2O5S. The molecule has 4 saturated carbocycles. The van der Waals surface area contributed by atoms with Gasteiger partial charge in [-0.25, -0.2) is 4.79 Å². The highest BCUT2D eigenvalue weighted by atomic mass is 32.2. The lowest BCUT2D eigenvalue weighted by Crippen LogP contribution is -2.56. The van der Waals surface area contributed by atoms with Crippen LogP contribution in [0.3, 0.4) is 0 Å². The minimum atomic E-state index is -0.555. The summed E-state index contributed by atoms with van der Waals surface area (Å²) in [6.45, 7) is 2.71. The van der Waals surface area contributed by atoms with Crippen LogP contribution in [0.25, 0.3) is 0 Å². The Kier molecular flexibility index (Phi) is 8.19. The standard InChI is InChI=1S/C26H36N2O5S/c1-17(26-12-18-9-19(13-26)11-20(10-18)14-26)28-23(29)15-33-25(31)21-5-3-4-6-22(21)34-16-24(30)27-7-8-32-2/h3-6,17-20H,7-16H2,1-2H3,(H,27,30)(H,28,29). The average Bonchev–Trinajstić information content (AvgIpc) is 2.80. The van der Waals surface area contributed by atoms with E-state index in [4.69, 9.17) is 9.47 Å². The Labute approximate surface area is 206 Å². The number of benzene rings is 1. The van der Waals surface area contributed by atoms with Crippen molar-refractivity contribution in [3.63, 3.8) is 0 Å². The summed E-state index contributed by atoms with van der Waals surface area (Å²) in [7, 11) is 1.58. The van der Waals surface area contributed by atoms with Crippen molar-refractivity contribution in [2.75, 3.05) is 32.6 Å². The van der Waals surface area contributed by atoms with Crippen molar-refractivity contribution in [1.29, 1.82) is 0 Å². The summed E-state index contributed by atoms with van der Waals surface area (Å²) in [4.78, 5) is 38.0. The topological polar surface area (TPSA) is 93.7 Å². The molecule has 1 atom stereocenters. The van der Waals surface area contributed by atoms with E-state index in [9.17, 15) is 14.4 Å². The van der Waals surface area contributed by atoms with Crippen LogP contribution in [0.2, 0.25) is 0 Å². The van der Waals surface area contributed by atoms with Crippen molar-refractivity contribution in [3.8, 4) is 0 Å². The number of nitrogens with one attached hydrogen (secondary N) is 2. The fraction of sp³-hybridized carbons (Fsp3) is 0.654. The molecule has 0 radical (unpaired) electrons. The molecule has 0 aliphatic heterocycles. The van der Waals surface area contributed by atoms with E-state index < -0.39 is 5.97 Å². The fourth-order valence-corrected chi connectivity index (χ4v) is 7.47. The summed E-state index contributed by atoms with van der Waals surface area (Å²) in [5.41, 5.74) is 0.570. The van der Waals surface area contributed by atoms with Crippen LogP contribution >= 0.6 is 11.8 Å². The quantitative estimate of drug-likeness (QED) is 0.282. The molecule has 8 heteroatoms. The summed E-state index contributed by atoms with van der Waals surface area (Å²) in [5, 5.41) is 5.89. The fourth-order valence-electron chi connectivity index (χ4n) is 6.60. The van der Waals surface area contributed by atoms with Crippen LogP contribution in [0, 0.1) is 23.2 Å². The van der Waals surface area contributed by atoms with Gasteiger partial charge in [0.1, 0.15) is 0 Å². The van der Waals surface area contributed by atoms with Crippen LogP contribution in [0.5, 0.6) is 0 Å². The molecule has 4 bridgehead atoms. The highest BCUT2D eigenvalue weighted by Gasteiger charge is 2.53. The van der Waals surface area contributed by atoms with Crippen LogP contribution in [0.4, 0.5) is 0 Å². The van der Waals surface area contributed by atoms with Crippen LogP contribution in [0.15, 0.2) is 29.2 Å². The van der Waals surface area contributed by atoms with Crippen molar-refractivity contribution >= 4 is 29.5 Å². The monoisotopic (exact) mass is 488 g/mol. The molecule has 5 rings (SSSR count). The number of amides is 2. The van der Waals surface area contributed by atoms with Gasteiger partial charge in [0, 0.05) is 24.6 Å². The second kappa shape index (κ2) is 11.1. The Bertz CT molecular complexity index is 870. The van der Waals surface area contributed by atoms with Crippen molar-refractivity contribution in [3.05, 3.63) is 29.8 Å². The second-order valence-corrected chi connectivity index (χ2v) is 11.3. The van der Waals surface area contributed by atoms with E-state index in [-0.39, 0.29) is 35.6 Å². The van der Waals surface area contributed by atoms with Gasteiger partial charge >= 0.3 is 5.97 Å². The van der Waals surface area contributed by atoms with Gasteiger partial charge in [-0.05, 0) is 80.8 Å². The maximum atomic E-state index is 12.7. The van der Waals surface area contributed by atoms with Crippen molar-refractivity contribution < 1.29 is 23.9 Å². The first-order valence-corrected chi connectivity index (χ1v) is 13.3. The lowest BCUT2D eigenvalue weighted by molar-refractivity contribution is -0.128. The van der Waals surface area contributed by atoms with Gasteiger partial charge in [-0.1, -0.05) is 12.1 Å². The predicted molar refractivity (Wildman–Crippen MR) is 131 cm³/mol. The summed E-state index contributed by atoms with van der Waals surface area (Å²) < 4.78 is 10.3. The van der Waals surface area contributed by atoms with Crippen LogP contribution in [-0.2, 0) is 19.1 Å². The molecule has 0 heterocycles. The predicted octanol–water partition coefficient (Wildman–Crippen LogP) is 3.42. The Morgan fingerprint density at radius 3 is 2.35 bits per heavy atom. The number of carbonyl (C=O) groups excluding carboxylic acids is 3. The van der Waals surface area contributed by atoms with E-state index in [0.29, 0.717) is 23.6 Å². The third-order valence-electron chi connectivity index (χ3n) is 7.81. The second-order valence-electron chi connectivity index (χ2n) is 10.3. The number of rotatable bonds is 11. The SMILES string of the molecule is COCCNC(=O)CSc1ccccc1C(=O)OCC(=O)NC(C)C12CC3CC(CC(C3)C1)C2. The Morgan fingerprint density at radius 1 is 1.06 bits per heavy atom. The minimum absolute atomic E-state index is 0.0894. The maximum absolute atomic E-state index is 12.7. The Morgan fingerprint density at radius 2 is 1.71 bits per heavy atom. The van der Waals surface area contributed by atoms with Crippen LogP contribution in [-0.4, -0.2) is 56.4 Å². The van der Waals surface area contributed by atoms with Gasteiger partial charge in [-0.3, -0.25) is 9.59 Å². The van der Waals surface area contributed by atoms with E-state index in [1.54, 1.807) is 25.3 Å². The van der Waals surface area contributed by atoms with E-state index in [2.05, 4.69) is 17.6 Å². The Balaban J connectivity index is 1.26. The number of esters is 1. The summed E-state index contributed by atoms with van der Waals surface area (Å²) in [5.74, 6) is 1.69. The van der Waals surface area contributed by atoms with Gasteiger partial charge in [-0.2, -0.15) is 0 Å². The maximum Gasteiger partial charge on any atom is 0.339 e.